The number of carbonyl (C=O) groups excluding carboxylic acids is 2. The molecular weight excluding hydrogens is 532 g/mol. The van der Waals surface area contributed by atoms with Crippen LogP contribution in [0.4, 0.5) is 5.13 Å². The SMILES string of the molecule is CCCCCOc1ccc(C2C(C(=O)c3cccs3)=C(O)C(=O)N2c2nc3ccc(C)cc3s2)cc1OCC. The zero-order valence-corrected chi connectivity index (χ0v) is 23.7. The third kappa shape index (κ3) is 5.29. The van der Waals surface area contributed by atoms with Gasteiger partial charge in [-0.1, -0.05) is 49.3 Å². The Labute approximate surface area is 235 Å². The minimum absolute atomic E-state index is 0.0250. The number of ketones is 1. The quantitative estimate of drug-likeness (QED) is 0.151. The summed E-state index contributed by atoms with van der Waals surface area (Å²) in [6, 6.07) is 13.9. The van der Waals surface area contributed by atoms with E-state index >= 15 is 0 Å². The average Bonchev–Trinajstić information content (AvgIpc) is 3.66. The largest absolute Gasteiger partial charge is 0.503 e. The van der Waals surface area contributed by atoms with Gasteiger partial charge in [0, 0.05) is 0 Å². The Bertz CT molecular complexity index is 1540. The van der Waals surface area contributed by atoms with Gasteiger partial charge in [0.1, 0.15) is 0 Å². The molecule has 0 saturated heterocycles. The fraction of sp³-hybridized carbons (Fsp3) is 0.300. The van der Waals surface area contributed by atoms with Gasteiger partial charge in [0.2, 0.25) is 5.78 Å². The van der Waals surface area contributed by atoms with Crippen LogP contribution in [-0.4, -0.2) is 35.0 Å². The van der Waals surface area contributed by atoms with Gasteiger partial charge in [-0.2, -0.15) is 0 Å². The normalized spacial score (nSPS) is 15.4. The number of fused-ring (bicyclic) bond motifs is 1. The van der Waals surface area contributed by atoms with Crippen molar-refractivity contribution in [2.75, 3.05) is 18.1 Å². The minimum atomic E-state index is -0.887. The third-order valence-electron chi connectivity index (χ3n) is 6.53. The highest BCUT2D eigenvalue weighted by Gasteiger charge is 2.46. The number of amides is 1. The Kier molecular flexibility index (Phi) is 7.99. The van der Waals surface area contributed by atoms with Gasteiger partial charge >= 0.3 is 0 Å². The van der Waals surface area contributed by atoms with Crippen molar-refractivity contribution in [3.63, 3.8) is 0 Å². The molecule has 0 aliphatic carbocycles. The topological polar surface area (TPSA) is 89.0 Å². The fourth-order valence-corrected chi connectivity index (χ4v) is 6.40. The van der Waals surface area contributed by atoms with Crippen LogP contribution in [0.2, 0.25) is 0 Å². The Hall–Kier alpha value is -3.69. The Balaban J connectivity index is 1.61. The fourth-order valence-electron chi connectivity index (χ4n) is 4.63. The lowest BCUT2D eigenvalue weighted by Crippen LogP contribution is -2.31. The second-order valence-corrected chi connectivity index (χ2v) is 11.3. The van der Waals surface area contributed by atoms with Crippen molar-refractivity contribution >= 4 is 49.7 Å². The third-order valence-corrected chi connectivity index (χ3v) is 8.41. The molecule has 5 rings (SSSR count). The van der Waals surface area contributed by atoms with E-state index < -0.39 is 23.5 Å². The van der Waals surface area contributed by atoms with E-state index in [2.05, 4.69) is 6.92 Å². The van der Waals surface area contributed by atoms with Gasteiger partial charge in [-0.25, -0.2) is 4.98 Å². The second kappa shape index (κ2) is 11.6. The van der Waals surface area contributed by atoms with Crippen LogP contribution in [0.3, 0.4) is 0 Å². The molecule has 1 unspecified atom stereocenters. The van der Waals surface area contributed by atoms with Crippen molar-refractivity contribution in [1.82, 2.24) is 4.98 Å². The number of hydrogen-bond donors (Lipinski definition) is 1. The van der Waals surface area contributed by atoms with Crippen molar-refractivity contribution in [3.8, 4) is 11.5 Å². The molecule has 0 fully saturated rings. The zero-order chi connectivity index (χ0) is 27.5. The number of hydrogen-bond acceptors (Lipinski definition) is 8. The summed E-state index contributed by atoms with van der Waals surface area (Å²) in [5.74, 6) is -0.492. The molecule has 1 amide bonds. The summed E-state index contributed by atoms with van der Waals surface area (Å²) in [6.45, 7) is 7.00. The number of thiophene rings is 1. The molecule has 2 aromatic heterocycles. The highest BCUT2D eigenvalue weighted by molar-refractivity contribution is 7.22. The second-order valence-electron chi connectivity index (χ2n) is 9.31. The van der Waals surface area contributed by atoms with Crippen LogP contribution in [0.5, 0.6) is 11.5 Å². The minimum Gasteiger partial charge on any atom is -0.503 e. The van der Waals surface area contributed by atoms with Crippen LogP contribution in [0.25, 0.3) is 10.2 Å². The molecule has 1 aliphatic heterocycles. The molecule has 4 aromatic rings. The Morgan fingerprint density at radius 2 is 1.92 bits per heavy atom. The summed E-state index contributed by atoms with van der Waals surface area (Å²) >= 11 is 2.61. The molecule has 0 saturated carbocycles. The van der Waals surface area contributed by atoms with E-state index in [0.29, 0.717) is 40.3 Å². The molecule has 0 radical (unpaired) electrons. The molecule has 39 heavy (non-hydrogen) atoms. The molecular formula is C30H30N2O5S2. The predicted molar refractivity (Wildman–Crippen MR) is 156 cm³/mol. The van der Waals surface area contributed by atoms with E-state index in [4.69, 9.17) is 14.5 Å². The summed E-state index contributed by atoms with van der Waals surface area (Å²) in [4.78, 5) is 33.8. The number of aliphatic hydroxyl groups excluding tert-OH is 1. The standard InChI is InChI=1S/C30H30N2O5S2/c1-4-6-7-14-37-21-13-11-19(17-22(21)36-5-2)26-25(27(33)23-9-8-15-38-23)28(34)29(35)32(26)30-31-20-12-10-18(3)16-24(20)39-30/h8-13,15-17,26,34H,4-7,14H2,1-3H3. The maximum Gasteiger partial charge on any atom is 0.296 e. The van der Waals surface area contributed by atoms with E-state index in [1.54, 1.807) is 29.6 Å². The molecule has 1 atom stereocenters. The smallest absolute Gasteiger partial charge is 0.296 e. The van der Waals surface area contributed by atoms with E-state index in [1.165, 1.54) is 27.6 Å². The van der Waals surface area contributed by atoms with Gasteiger partial charge < -0.3 is 14.6 Å². The molecule has 7 nitrogen and oxygen atoms in total. The number of anilines is 1. The lowest BCUT2D eigenvalue weighted by Gasteiger charge is -2.25. The number of aryl methyl sites for hydroxylation is 1. The lowest BCUT2D eigenvalue weighted by atomic mass is 9.95. The van der Waals surface area contributed by atoms with Gasteiger partial charge in [0.05, 0.1) is 39.9 Å². The van der Waals surface area contributed by atoms with Gasteiger partial charge in [0.15, 0.2) is 22.4 Å². The number of aromatic nitrogens is 1. The maximum atomic E-state index is 13.7. The predicted octanol–water partition coefficient (Wildman–Crippen LogP) is 7.42. The van der Waals surface area contributed by atoms with Crippen molar-refractivity contribution in [3.05, 3.63) is 81.2 Å². The number of rotatable bonds is 11. The number of Topliss-reactive ketones (excluding diaryl/α,β-unsaturated/α-hetero) is 1. The van der Waals surface area contributed by atoms with Crippen molar-refractivity contribution in [2.24, 2.45) is 0 Å². The first kappa shape index (κ1) is 26.9. The Morgan fingerprint density at radius 3 is 2.67 bits per heavy atom. The van der Waals surface area contributed by atoms with Crippen LogP contribution in [0.15, 0.2) is 65.2 Å². The highest BCUT2D eigenvalue weighted by atomic mass is 32.1. The summed E-state index contributed by atoms with van der Waals surface area (Å²) in [5, 5.41) is 13.3. The number of ether oxygens (including phenoxy) is 2. The summed E-state index contributed by atoms with van der Waals surface area (Å²) in [6.07, 6.45) is 3.09. The van der Waals surface area contributed by atoms with E-state index in [-0.39, 0.29) is 5.57 Å². The molecule has 1 N–H and O–H groups in total. The van der Waals surface area contributed by atoms with Gasteiger partial charge in [-0.05, 0) is 67.1 Å². The first-order valence-corrected chi connectivity index (χ1v) is 14.7. The molecule has 202 valence electrons. The number of aliphatic hydroxyl groups is 1. The molecule has 1 aliphatic rings. The lowest BCUT2D eigenvalue weighted by molar-refractivity contribution is -0.117. The van der Waals surface area contributed by atoms with E-state index in [0.717, 1.165) is 35.0 Å². The summed E-state index contributed by atoms with van der Waals surface area (Å²) in [7, 11) is 0. The van der Waals surface area contributed by atoms with Crippen molar-refractivity contribution < 1.29 is 24.2 Å². The van der Waals surface area contributed by atoms with Crippen molar-refractivity contribution in [1.29, 1.82) is 0 Å². The van der Waals surface area contributed by atoms with Crippen LogP contribution in [0.1, 0.15) is 60.0 Å². The maximum absolute atomic E-state index is 13.7. The molecule has 9 heteroatoms. The number of benzene rings is 2. The number of thiazole rings is 1. The van der Waals surface area contributed by atoms with E-state index in [1.807, 2.05) is 38.1 Å². The molecule has 0 bridgehead atoms. The first-order chi connectivity index (χ1) is 18.9. The monoisotopic (exact) mass is 562 g/mol. The number of carbonyl (C=O) groups is 2. The van der Waals surface area contributed by atoms with Crippen molar-refractivity contribution in [2.45, 2.75) is 46.1 Å². The van der Waals surface area contributed by atoms with Gasteiger partial charge in [0.25, 0.3) is 5.91 Å². The van der Waals surface area contributed by atoms with Crippen LogP contribution < -0.4 is 14.4 Å². The van der Waals surface area contributed by atoms with Crippen LogP contribution >= 0.6 is 22.7 Å². The highest BCUT2D eigenvalue weighted by Crippen LogP contribution is 2.46. The zero-order valence-electron chi connectivity index (χ0n) is 22.1. The van der Waals surface area contributed by atoms with Crippen LogP contribution in [0, 0.1) is 6.92 Å². The van der Waals surface area contributed by atoms with Gasteiger partial charge in [-0.3, -0.25) is 14.5 Å². The first-order valence-electron chi connectivity index (χ1n) is 13.0. The van der Waals surface area contributed by atoms with Gasteiger partial charge in [-0.15, -0.1) is 11.3 Å². The average molecular weight is 563 g/mol. The van der Waals surface area contributed by atoms with E-state index in [9.17, 15) is 14.7 Å². The van der Waals surface area contributed by atoms with Crippen LogP contribution in [-0.2, 0) is 4.79 Å². The summed E-state index contributed by atoms with van der Waals surface area (Å²) < 4.78 is 12.8. The Morgan fingerprint density at radius 1 is 1.08 bits per heavy atom. The summed E-state index contributed by atoms with van der Waals surface area (Å²) in [5.41, 5.74) is 2.46. The molecule has 3 heterocycles. The number of nitrogens with zero attached hydrogens (tertiary/aromatic N) is 2. The number of unbranched alkanes of at least 4 members (excludes halogenated alkanes) is 2. The molecule has 0 spiro atoms. The molecule has 2 aromatic carbocycles.